The normalized spacial score (nSPS) is 15.4. The molecule has 0 aromatic carbocycles. The van der Waals surface area contributed by atoms with Crippen LogP contribution in [0.2, 0.25) is 0 Å². The highest BCUT2D eigenvalue weighted by Gasteiger charge is 2.22. The van der Waals surface area contributed by atoms with Crippen molar-refractivity contribution in [2.75, 3.05) is 25.5 Å². The van der Waals surface area contributed by atoms with Gasteiger partial charge in [0.2, 0.25) is 0 Å². The van der Waals surface area contributed by atoms with Crippen molar-refractivity contribution in [2.45, 2.75) is 40.8 Å². The zero-order valence-electron chi connectivity index (χ0n) is 14.1. The fraction of sp³-hybridized carbons (Fsp3) is 0.688. The first kappa shape index (κ1) is 20.3. The van der Waals surface area contributed by atoms with Crippen LogP contribution in [0.4, 0.5) is 4.39 Å². The molecule has 3 nitrogen and oxygen atoms in total. The molecule has 0 fully saturated rings. The fourth-order valence-electron chi connectivity index (χ4n) is 2.02. The van der Waals surface area contributed by atoms with E-state index in [2.05, 4.69) is 32.9 Å². The molecule has 0 bridgehead atoms. The van der Waals surface area contributed by atoms with Crippen molar-refractivity contribution < 1.29 is 4.39 Å². The summed E-state index contributed by atoms with van der Waals surface area (Å²) in [5.74, 6) is -0.232. The maximum atomic E-state index is 13.9. The molecule has 0 rings (SSSR count). The van der Waals surface area contributed by atoms with Crippen molar-refractivity contribution in [2.24, 2.45) is 11.0 Å². The van der Waals surface area contributed by atoms with E-state index in [1.165, 1.54) is 6.08 Å². The lowest BCUT2D eigenvalue weighted by Gasteiger charge is -2.35. The van der Waals surface area contributed by atoms with Gasteiger partial charge in [0.05, 0.1) is 0 Å². The molecule has 0 aliphatic carbocycles. The highest BCUT2D eigenvalue weighted by Crippen LogP contribution is 2.17. The molecule has 0 aliphatic rings. The summed E-state index contributed by atoms with van der Waals surface area (Å²) in [4.78, 5) is 2.14. The molecule has 5 heteroatoms. The van der Waals surface area contributed by atoms with E-state index < -0.39 is 0 Å². The van der Waals surface area contributed by atoms with Crippen LogP contribution in [0.15, 0.2) is 29.2 Å². The molecule has 21 heavy (non-hydrogen) atoms. The summed E-state index contributed by atoms with van der Waals surface area (Å²) in [6.07, 6.45) is 5.21. The van der Waals surface area contributed by atoms with E-state index in [4.69, 9.17) is 0 Å². The van der Waals surface area contributed by atoms with Gasteiger partial charge in [-0.2, -0.15) is 5.10 Å². The molecule has 0 aromatic heterocycles. The Bertz CT molecular complexity index is 376. The second-order valence-electron chi connectivity index (χ2n) is 5.36. The van der Waals surface area contributed by atoms with E-state index in [-0.39, 0.29) is 17.9 Å². The van der Waals surface area contributed by atoms with Crippen LogP contribution < -0.4 is 0 Å². The topological polar surface area (TPSA) is 18.8 Å². The van der Waals surface area contributed by atoms with Crippen molar-refractivity contribution >= 4 is 21.6 Å². The SMILES string of the molecule is C/C=C\C=C(\F)[C@H](C)CN(C)C(CBr)N(CC)N=C(C)C. The Morgan fingerprint density at radius 1 is 1.38 bits per heavy atom. The second kappa shape index (κ2) is 11.0. The predicted molar refractivity (Wildman–Crippen MR) is 94.5 cm³/mol. The van der Waals surface area contributed by atoms with E-state index in [9.17, 15) is 4.39 Å². The van der Waals surface area contributed by atoms with E-state index in [1.807, 2.05) is 45.8 Å². The summed E-state index contributed by atoms with van der Waals surface area (Å²) >= 11 is 3.54. The van der Waals surface area contributed by atoms with Gasteiger partial charge in [-0.1, -0.05) is 35.0 Å². The lowest BCUT2D eigenvalue weighted by Crippen LogP contribution is -2.47. The quantitative estimate of drug-likeness (QED) is 0.199. The van der Waals surface area contributed by atoms with Crippen LogP contribution in [0.3, 0.4) is 0 Å². The Balaban J connectivity index is 4.86. The van der Waals surface area contributed by atoms with E-state index in [0.717, 1.165) is 17.6 Å². The van der Waals surface area contributed by atoms with Crippen LogP contribution in [0.1, 0.15) is 34.6 Å². The van der Waals surface area contributed by atoms with Crippen LogP contribution in [0, 0.1) is 5.92 Å². The second-order valence-corrected chi connectivity index (χ2v) is 6.00. The molecule has 2 atom stereocenters. The molecule has 0 amide bonds. The van der Waals surface area contributed by atoms with Crippen molar-refractivity contribution in [3.63, 3.8) is 0 Å². The lowest BCUT2D eigenvalue weighted by molar-refractivity contribution is 0.0772. The number of nitrogens with zero attached hydrogens (tertiary/aromatic N) is 3. The molecule has 0 heterocycles. The zero-order valence-corrected chi connectivity index (χ0v) is 15.7. The average Bonchev–Trinajstić information content (AvgIpc) is 2.43. The van der Waals surface area contributed by atoms with E-state index in [1.54, 1.807) is 6.08 Å². The van der Waals surface area contributed by atoms with Gasteiger partial charge in [0.25, 0.3) is 0 Å². The maximum absolute atomic E-state index is 13.9. The Labute approximate surface area is 137 Å². The Morgan fingerprint density at radius 2 is 2.00 bits per heavy atom. The van der Waals surface area contributed by atoms with Crippen LogP contribution >= 0.6 is 15.9 Å². The van der Waals surface area contributed by atoms with Crippen molar-refractivity contribution in [3.05, 3.63) is 24.1 Å². The van der Waals surface area contributed by atoms with Gasteiger partial charge >= 0.3 is 0 Å². The highest BCUT2D eigenvalue weighted by atomic mass is 79.9. The Morgan fingerprint density at radius 3 is 2.43 bits per heavy atom. The number of rotatable bonds is 9. The first-order valence-corrected chi connectivity index (χ1v) is 8.52. The monoisotopic (exact) mass is 361 g/mol. The Kier molecular flexibility index (Phi) is 10.6. The first-order valence-electron chi connectivity index (χ1n) is 7.40. The van der Waals surface area contributed by atoms with Crippen molar-refractivity contribution in [1.29, 1.82) is 0 Å². The van der Waals surface area contributed by atoms with Crippen LogP contribution in [0.5, 0.6) is 0 Å². The van der Waals surface area contributed by atoms with Crippen molar-refractivity contribution in [3.8, 4) is 0 Å². The molecule has 0 radical (unpaired) electrons. The smallest absolute Gasteiger partial charge is 0.108 e. The van der Waals surface area contributed by atoms with Gasteiger partial charge in [0, 0.05) is 30.0 Å². The fourth-order valence-corrected chi connectivity index (χ4v) is 2.85. The van der Waals surface area contributed by atoms with Gasteiger partial charge in [-0.15, -0.1) is 0 Å². The van der Waals surface area contributed by atoms with Gasteiger partial charge in [-0.05, 0) is 40.8 Å². The minimum Gasteiger partial charge on any atom is -0.284 e. The number of hydrazone groups is 1. The molecule has 0 saturated heterocycles. The van der Waals surface area contributed by atoms with E-state index >= 15 is 0 Å². The van der Waals surface area contributed by atoms with Gasteiger partial charge < -0.3 is 0 Å². The first-order chi connectivity index (χ1) is 9.87. The third-order valence-corrected chi connectivity index (χ3v) is 3.70. The van der Waals surface area contributed by atoms with Gasteiger partial charge in [0.15, 0.2) is 0 Å². The molecule has 1 unspecified atom stereocenters. The zero-order chi connectivity index (χ0) is 16.4. The maximum Gasteiger partial charge on any atom is 0.108 e. The van der Waals surface area contributed by atoms with Gasteiger partial charge in [0.1, 0.15) is 12.0 Å². The van der Waals surface area contributed by atoms with Gasteiger partial charge in [-0.25, -0.2) is 4.39 Å². The molecule has 0 aliphatic heterocycles. The summed E-state index contributed by atoms with van der Waals surface area (Å²) in [5, 5.41) is 7.35. The minimum absolute atomic E-state index is 0.0912. The number of hydrogen-bond donors (Lipinski definition) is 0. The number of hydrogen-bond acceptors (Lipinski definition) is 3. The van der Waals surface area contributed by atoms with Crippen molar-refractivity contribution in [1.82, 2.24) is 9.91 Å². The van der Waals surface area contributed by atoms with E-state index in [0.29, 0.717) is 6.54 Å². The van der Waals surface area contributed by atoms with Crippen LogP contribution in [-0.4, -0.2) is 47.3 Å². The standard InChI is InChI=1S/C16H29BrFN3/c1-7-9-10-15(18)14(5)12-20(6)16(11-17)21(8-2)19-13(3)4/h7,9-10,14,16H,8,11-12H2,1-6H3/b9-7-,15-10+/t14-,16?/m1/s1. The molecule has 0 N–H and O–H groups in total. The summed E-state index contributed by atoms with van der Waals surface area (Å²) < 4.78 is 13.9. The summed E-state index contributed by atoms with van der Waals surface area (Å²) in [6, 6.07) is 0. The molecule has 0 aromatic rings. The summed E-state index contributed by atoms with van der Waals surface area (Å²) in [6.45, 7) is 11.3. The molecule has 122 valence electrons. The van der Waals surface area contributed by atoms with Crippen LogP contribution in [0.25, 0.3) is 0 Å². The number of allylic oxidation sites excluding steroid dienone is 3. The number of alkyl halides is 1. The third-order valence-electron chi connectivity index (χ3n) is 3.12. The molecule has 0 saturated carbocycles. The molecular formula is C16H29BrFN3. The molecular weight excluding hydrogens is 333 g/mol. The summed E-state index contributed by atoms with van der Waals surface area (Å²) in [5.41, 5.74) is 1.02. The lowest BCUT2D eigenvalue weighted by atomic mass is 10.1. The Hall–Kier alpha value is -0.680. The third kappa shape index (κ3) is 7.77. The van der Waals surface area contributed by atoms with Gasteiger partial charge in [-0.3, -0.25) is 9.91 Å². The minimum atomic E-state index is -0.141. The average molecular weight is 362 g/mol. The summed E-state index contributed by atoms with van der Waals surface area (Å²) in [7, 11) is 2.01. The number of halogens is 2. The highest BCUT2D eigenvalue weighted by molar-refractivity contribution is 9.09. The van der Waals surface area contributed by atoms with Crippen LogP contribution in [-0.2, 0) is 0 Å². The largest absolute Gasteiger partial charge is 0.284 e. The molecule has 0 spiro atoms. The predicted octanol–water partition coefficient (Wildman–Crippen LogP) is 4.42.